The average Bonchev–Trinajstić information content (AvgIpc) is 3.32. The molecular weight excluding hydrogens is 344 g/mol. The molecule has 1 atom stereocenters. The highest BCUT2D eigenvalue weighted by Gasteiger charge is 2.35. The number of hydrogen-bond acceptors (Lipinski definition) is 4. The molecule has 1 saturated heterocycles. The van der Waals surface area contributed by atoms with E-state index in [0.717, 1.165) is 29.0 Å². The van der Waals surface area contributed by atoms with Crippen LogP contribution in [-0.4, -0.2) is 25.2 Å². The Kier molecular flexibility index (Phi) is 4.71. The maximum atomic E-state index is 12.6. The third-order valence-electron chi connectivity index (χ3n) is 5.06. The van der Waals surface area contributed by atoms with Crippen molar-refractivity contribution in [1.82, 2.24) is 5.32 Å². The largest absolute Gasteiger partial charge is 0.454 e. The van der Waals surface area contributed by atoms with Gasteiger partial charge in [0.2, 0.25) is 18.6 Å². The Labute approximate surface area is 158 Å². The fraction of sp³-hybridized carbons (Fsp3) is 0.333. The number of anilines is 1. The maximum Gasteiger partial charge on any atom is 0.231 e. The SMILES string of the molecule is CCc1ccccc1N1CC(C(=O)NCc2ccc3c(c2)OCO3)CC1=O. The number of aryl methyl sites for hydroxylation is 1. The molecule has 0 saturated carbocycles. The van der Waals surface area contributed by atoms with Gasteiger partial charge in [-0.2, -0.15) is 0 Å². The predicted octanol–water partition coefficient (Wildman–Crippen LogP) is 2.65. The molecule has 0 aliphatic carbocycles. The van der Waals surface area contributed by atoms with Crippen molar-refractivity contribution in [2.24, 2.45) is 5.92 Å². The van der Waals surface area contributed by atoms with E-state index in [-0.39, 0.29) is 30.9 Å². The molecule has 2 aliphatic rings. The Morgan fingerprint density at radius 3 is 2.85 bits per heavy atom. The van der Waals surface area contributed by atoms with Gasteiger partial charge in [0.15, 0.2) is 11.5 Å². The summed E-state index contributed by atoms with van der Waals surface area (Å²) in [5.41, 5.74) is 2.97. The van der Waals surface area contributed by atoms with Gasteiger partial charge in [-0.1, -0.05) is 31.2 Å². The summed E-state index contributed by atoms with van der Waals surface area (Å²) in [5.74, 6) is 0.977. The van der Waals surface area contributed by atoms with Crippen LogP contribution < -0.4 is 19.7 Å². The van der Waals surface area contributed by atoms with Gasteiger partial charge in [0.05, 0.1) is 5.92 Å². The quantitative estimate of drug-likeness (QED) is 0.883. The summed E-state index contributed by atoms with van der Waals surface area (Å²) in [6.07, 6.45) is 1.09. The fourth-order valence-corrected chi connectivity index (χ4v) is 3.57. The van der Waals surface area contributed by atoms with Crippen LogP contribution >= 0.6 is 0 Å². The molecule has 1 unspecified atom stereocenters. The highest BCUT2D eigenvalue weighted by molar-refractivity contribution is 6.00. The molecule has 2 amide bonds. The van der Waals surface area contributed by atoms with Crippen LogP contribution in [0, 0.1) is 5.92 Å². The maximum absolute atomic E-state index is 12.6. The van der Waals surface area contributed by atoms with E-state index in [1.165, 1.54) is 0 Å². The third kappa shape index (κ3) is 3.47. The van der Waals surface area contributed by atoms with E-state index >= 15 is 0 Å². The molecule has 0 spiro atoms. The monoisotopic (exact) mass is 366 g/mol. The minimum Gasteiger partial charge on any atom is -0.454 e. The van der Waals surface area contributed by atoms with Crippen molar-refractivity contribution >= 4 is 17.5 Å². The number of carbonyl (C=O) groups is 2. The first-order valence-corrected chi connectivity index (χ1v) is 9.20. The Hall–Kier alpha value is -3.02. The van der Waals surface area contributed by atoms with E-state index in [0.29, 0.717) is 18.8 Å². The van der Waals surface area contributed by atoms with E-state index in [4.69, 9.17) is 9.47 Å². The summed E-state index contributed by atoms with van der Waals surface area (Å²) < 4.78 is 10.7. The lowest BCUT2D eigenvalue weighted by atomic mass is 10.1. The molecule has 140 valence electrons. The fourth-order valence-electron chi connectivity index (χ4n) is 3.57. The molecular formula is C21H22N2O4. The molecule has 0 radical (unpaired) electrons. The zero-order valence-electron chi connectivity index (χ0n) is 15.2. The third-order valence-corrected chi connectivity index (χ3v) is 5.06. The van der Waals surface area contributed by atoms with Crippen molar-refractivity contribution < 1.29 is 19.1 Å². The number of amides is 2. The molecule has 6 heteroatoms. The lowest BCUT2D eigenvalue weighted by molar-refractivity contribution is -0.126. The van der Waals surface area contributed by atoms with Crippen molar-refractivity contribution in [1.29, 1.82) is 0 Å². The first-order valence-electron chi connectivity index (χ1n) is 9.20. The topological polar surface area (TPSA) is 67.9 Å². The summed E-state index contributed by atoms with van der Waals surface area (Å²) in [7, 11) is 0. The van der Waals surface area contributed by atoms with E-state index < -0.39 is 0 Å². The zero-order chi connectivity index (χ0) is 18.8. The van der Waals surface area contributed by atoms with Gasteiger partial charge >= 0.3 is 0 Å². The van der Waals surface area contributed by atoms with Crippen LogP contribution in [0.25, 0.3) is 0 Å². The molecule has 1 fully saturated rings. The van der Waals surface area contributed by atoms with Gasteiger partial charge in [0, 0.05) is 25.2 Å². The van der Waals surface area contributed by atoms with E-state index in [9.17, 15) is 9.59 Å². The number of benzene rings is 2. The van der Waals surface area contributed by atoms with Gasteiger partial charge in [-0.3, -0.25) is 9.59 Å². The molecule has 2 aliphatic heterocycles. The van der Waals surface area contributed by atoms with Crippen LogP contribution in [-0.2, 0) is 22.6 Å². The minimum atomic E-state index is -0.337. The molecule has 1 N–H and O–H groups in total. The molecule has 27 heavy (non-hydrogen) atoms. The Morgan fingerprint density at radius 2 is 2.00 bits per heavy atom. The van der Waals surface area contributed by atoms with E-state index in [2.05, 4.69) is 12.2 Å². The summed E-state index contributed by atoms with van der Waals surface area (Å²) in [6, 6.07) is 13.5. The standard InChI is InChI=1S/C21H22N2O4/c1-2-15-5-3-4-6-17(15)23-12-16(10-20(23)24)21(25)22-11-14-7-8-18-19(9-14)27-13-26-18/h3-9,16H,2,10-13H2,1H3,(H,22,25). The van der Waals surface area contributed by atoms with Gasteiger partial charge in [0.25, 0.3) is 0 Å². The first kappa shape index (κ1) is 17.4. The highest BCUT2D eigenvalue weighted by Crippen LogP contribution is 2.32. The Morgan fingerprint density at radius 1 is 1.19 bits per heavy atom. The first-order chi connectivity index (χ1) is 13.2. The van der Waals surface area contributed by atoms with Crippen LogP contribution in [0.2, 0.25) is 0 Å². The highest BCUT2D eigenvalue weighted by atomic mass is 16.7. The van der Waals surface area contributed by atoms with E-state index in [1.54, 1.807) is 4.90 Å². The second kappa shape index (κ2) is 7.31. The minimum absolute atomic E-state index is 0.000806. The van der Waals surface area contributed by atoms with Gasteiger partial charge in [0.1, 0.15) is 0 Å². The molecule has 0 bridgehead atoms. The van der Waals surface area contributed by atoms with Crippen molar-refractivity contribution in [2.45, 2.75) is 26.3 Å². The van der Waals surface area contributed by atoms with Crippen molar-refractivity contribution in [3.05, 3.63) is 53.6 Å². The predicted molar refractivity (Wildman–Crippen MR) is 101 cm³/mol. The van der Waals surface area contributed by atoms with Gasteiger partial charge in [-0.25, -0.2) is 0 Å². The normalized spacial score (nSPS) is 18.0. The number of fused-ring (bicyclic) bond motifs is 1. The van der Waals surface area contributed by atoms with Gasteiger partial charge in [-0.05, 0) is 35.7 Å². The van der Waals surface area contributed by atoms with Crippen LogP contribution in [0.4, 0.5) is 5.69 Å². The summed E-state index contributed by atoms with van der Waals surface area (Å²) >= 11 is 0. The number of hydrogen-bond donors (Lipinski definition) is 1. The van der Waals surface area contributed by atoms with Crippen molar-refractivity contribution in [2.75, 3.05) is 18.2 Å². The van der Waals surface area contributed by atoms with Crippen LogP contribution in [0.5, 0.6) is 11.5 Å². The van der Waals surface area contributed by atoms with Crippen molar-refractivity contribution in [3.8, 4) is 11.5 Å². The van der Waals surface area contributed by atoms with Crippen LogP contribution in [0.1, 0.15) is 24.5 Å². The number of nitrogens with one attached hydrogen (secondary N) is 1. The number of rotatable bonds is 5. The lowest BCUT2D eigenvalue weighted by Gasteiger charge is -2.20. The second-order valence-electron chi connectivity index (χ2n) is 6.79. The summed E-state index contributed by atoms with van der Waals surface area (Å²) in [6.45, 7) is 3.11. The number of carbonyl (C=O) groups excluding carboxylic acids is 2. The lowest BCUT2D eigenvalue weighted by Crippen LogP contribution is -2.32. The molecule has 4 rings (SSSR count). The average molecular weight is 366 g/mol. The smallest absolute Gasteiger partial charge is 0.231 e. The van der Waals surface area contributed by atoms with Crippen molar-refractivity contribution in [3.63, 3.8) is 0 Å². The van der Waals surface area contributed by atoms with E-state index in [1.807, 2.05) is 42.5 Å². The summed E-state index contributed by atoms with van der Waals surface area (Å²) in [5, 5.41) is 2.94. The van der Waals surface area contributed by atoms with Gasteiger partial charge < -0.3 is 19.7 Å². The molecule has 2 heterocycles. The zero-order valence-corrected chi connectivity index (χ0v) is 15.2. The number of ether oxygens (including phenoxy) is 2. The number of para-hydroxylation sites is 1. The number of nitrogens with zero attached hydrogens (tertiary/aromatic N) is 1. The Bertz CT molecular complexity index is 880. The molecule has 0 aromatic heterocycles. The van der Waals surface area contributed by atoms with Crippen LogP contribution in [0.3, 0.4) is 0 Å². The van der Waals surface area contributed by atoms with Gasteiger partial charge in [-0.15, -0.1) is 0 Å². The Balaban J connectivity index is 1.39. The molecule has 2 aromatic rings. The van der Waals surface area contributed by atoms with Crippen LogP contribution in [0.15, 0.2) is 42.5 Å². The summed E-state index contributed by atoms with van der Waals surface area (Å²) in [4.78, 5) is 26.8. The molecule has 6 nitrogen and oxygen atoms in total. The molecule has 2 aromatic carbocycles. The second-order valence-corrected chi connectivity index (χ2v) is 6.79.